The van der Waals surface area contributed by atoms with E-state index in [-0.39, 0.29) is 24.3 Å². The topological polar surface area (TPSA) is 77.8 Å². The Hall–Kier alpha value is -1.10. The van der Waals surface area contributed by atoms with Crippen molar-refractivity contribution in [2.45, 2.75) is 96.5 Å². The number of nitrogens with zero attached hydrogens (tertiary/aromatic N) is 1. The van der Waals surface area contributed by atoms with Crippen LogP contribution in [0.1, 0.15) is 90.4 Å². The molecule has 0 saturated heterocycles. The highest BCUT2D eigenvalue weighted by atomic mass is 16.4. The summed E-state index contributed by atoms with van der Waals surface area (Å²) in [7, 11) is 3.59. The Bertz CT molecular complexity index is 358. The summed E-state index contributed by atoms with van der Waals surface area (Å²) in [5, 5.41) is 18.6. The minimum Gasteiger partial charge on any atom is -0.481 e. The lowest BCUT2D eigenvalue weighted by Crippen LogP contribution is -2.29. The Morgan fingerprint density at radius 2 is 1.40 bits per heavy atom. The number of carboxylic acid groups (broad SMARTS) is 1. The maximum Gasteiger partial charge on any atom is 0.303 e. The van der Waals surface area contributed by atoms with Crippen LogP contribution in [0.5, 0.6) is 0 Å². The van der Waals surface area contributed by atoms with Crippen molar-refractivity contribution < 1.29 is 19.8 Å². The summed E-state index contributed by atoms with van der Waals surface area (Å²) in [5.41, 5.74) is 0. The molecule has 0 fully saturated rings. The van der Waals surface area contributed by atoms with Crippen molar-refractivity contribution in [1.82, 2.24) is 4.90 Å². The Morgan fingerprint density at radius 3 is 2.00 bits per heavy atom. The molecule has 0 aliphatic rings. The van der Waals surface area contributed by atoms with Gasteiger partial charge in [-0.15, -0.1) is 0 Å². The second-order valence-corrected chi connectivity index (χ2v) is 7.36. The van der Waals surface area contributed by atoms with Gasteiger partial charge in [0.15, 0.2) is 0 Å². The van der Waals surface area contributed by atoms with Crippen molar-refractivity contribution in [3.8, 4) is 0 Å². The van der Waals surface area contributed by atoms with Crippen LogP contribution in [0.3, 0.4) is 0 Å². The maximum absolute atomic E-state index is 12.3. The molecule has 0 radical (unpaired) electrons. The Labute approximate surface area is 153 Å². The Balaban J connectivity index is 4.05. The molecule has 0 aliphatic carbocycles. The van der Waals surface area contributed by atoms with E-state index in [0.717, 1.165) is 57.8 Å². The normalized spacial score (nSPS) is 13.4. The van der Waals surface area contributed by atoms with E-state index in [1.807, 2.05) is 0 Å². The maximum atomic E-state index is 12.3. The molecule has 2 N–H and O–H groups in total. The van der Waals surface area contributed by atoms with Crippen molar-refractivity contribution in [2.24, 2.45) is 5.92 Å². The first-order valence-corrected chi connectivity index (χ1v) is 9.99. The van der Waals surface area contributed by atoms with Gasteiger partial charge in [-0.3, -0.25) is 9.59 Å². The third-order valence-electron chi connectivity index (χ3n) is 4.71. The zero-order valence-corrected chi connectivity index (χ0v) is 16.5. The van der Waals surface area contributed by atoms with E-state index in [1.54, 1.807) is 19.0 Å². The van der Waals surface area contributed by atoms with Gasteiger partial charge in [0.25, 0.3) is 0 Å². The molecular weight excluding hydrogens is 318 g/mol. The predicted molar refractivity (Wildman–Crippen MR) is 102 cm³/mol. The van der Waals surface area contributed by atoms with Gasteiger partial charge in [-0.25, -0.2) is 0 Å². The molecule has 2 atom stereocenters. The van der Waals surface area contributed by atoms with Crippen LogP contribution in [0.25, 0.3) is 0 Å². The zero-order valence-electron chi connectivity index (χ0n) is 16.5. The Kier molecular flexibility index (Phi) is 14.5. The van der Waals surface area contributed by atoms with E-state index in [4.69, 9.17) is 5.11 Å². The molecule has 1 amide bonds. The first kappa shape index (κ1) is 23.9. The monoisotopic (exact) mass is 357 g/mol. The molecule has 0 aromatic heterocycles. The number of carbonyl (C=O) groups excluding carboxylic acids is 1. The van der Waals surface area contributed by atoms with E-state index in [0.29, 0.717) is 6.42 Å². The van der Waals surface area contributed by atoms with E-state index in [2.05, 4.69) is 6.92 Å². The van der Waals surface area contributed by atoms with Crippen LogP contribution in [0, 0.1) is 5.92 Å². The second kappa shape index (κ2) is 15.2. The Morgan fingerprint density at radius 1 is 0.840 bits per heavy atom. The molecule has 2 unspecified atom stereocenters. The highest BCUT2D eigenvalue weighted by Crippen LogP contribution is 2.21. The minimum absolute atomic E-state index is 0.0253. The first-order chi connectivity index (χ1) is 11.9. The van der Waals surface area contributed by atoms with E-state index >= 15 is 0 Å². The van der Waals surface area contributed by atoms with Crippen molar-refractivity contribution in [2.75, 3.05) is 14.1 Å². The molecular formula is C20H39NO4. The number of unbranched alkanes of at least 4 members (excludes halogenated alkanes) is 5. The molecule has 0 aromatic carbocycles. The second-order valence-electron chi connectivity index (χ2n) is 7.36. The number of amides is 1. The summed E-state index contributed by atoms with van der Waals surface area (Å²) >= 11 is 0. The van der Waals surface area contributed by atoms with Crippen molar-refractivity contribution >= 4 is 11.9 Å². The van der Waals surface area contributed by atoms with Crippen LogP contribution in [-0.2, 0) is 9.59 Å². The number of aliphatic carboxylic acids is 1. The fourth-order valence-corrected chi connectivity index (χ4v) is 3.15. The minimum atomic E-state index is -0.738. The molecule has 0 heterocycles. The lowest BCUT2D eigenvalue weighted by Gasteiger charge is -2.21. The van der Waals surface area contributed by atoms with Crippen LogP contribution in [0.2, 0.25) is 0 Å². The fourth-order valence-electron chi connectivity index (χ4n) is 3.15. The van der Waals surface area contributed by atoms with Crippen LogP contribution in [0.4, 0.5) is 0 Å². The largest absolute Gasteiger partial charge is 0.481 e. The number of hydrogen-bond donors (Lipinski definition) is 2. The number of hydrogen-bond acceptors (Lipinski definition) is 3. The van der Waals surface area contributed by atoms with Crippen molar-refractivity contribution in [3.63, 3.8) is 0 Å². The average Bonchev–Trinajstić information content (AvgIpc) is 2.55. The highest BCUT2D eigenvalue weighted by molar-refractivity contribution is 5.78. The average molecular weight is 358 g/mol. The summed E-state index contributed by atoms with van der Waals surface area (Å²) < 4.78 is 0. The molecule has 0 aromatic rings. The van der Waals surface area contributed by atoms with Crippen LogP contribution >= 0.6 is 0 Å². The summed E-state index contributed by atoms with van der Waals surface area (Å²) in [4.78, 5) is 24.5. The third-order valence-corrected chi connectivity index (χ3v) is 4.71. The third kappa shape index (κ3) is 13.8. The molecule has 0 aliphatic heterocycles. The number of aliphatic hydroxyl groups excluding tert-OH is 1. The van der Waals surface area contributed by atoms with Gasteiger partial charge in [-0.05, 0) is 32.1 Å². The van der Waals surface area contributed by atoms with E-state index in [9.17, 15) is 14.7 Å². The standard InChI is InChI=1S/C20H39NO4/c1-4-5-8-14-18(22)15-11-13-17(20(25)21(2)3)12-9-6-7-10-16-19(23)24/h17-18,22H,4-16H2,1-3H3,(H,23,24). The van der Waals surface area contributed by atoms with Gasteiger partial charge >= 0.3 is 5.97 Å². The highest BCUT2D eigenvalue weighted by Gasteiger charge is 2.20. The number of carbonyl (C=O) groups is 2. The van der Waals surface area contributed by atoms with Gasteiger partial charge in [0.2, 0.25) is 5.91 Å². The summed E-state index contributed by atoms with van der Waals surface area (Å²) in [5.74, 6) is -0.540. The fraction of sp³-hybridized carbons (Fsp3) is 0.900. The van der Waals surface area contributed by atoms with Crippen LogP contribution < -0.4 is 0 Å². The molecule has 0 spiro atoms. The van der Waals surface area contributed by atoms with Crippen molar-refractivity contribution in [3.05, 3.63) is 0 Å². The van der Waals surface area contributed by atoms with Crippen LogP contribution in [-0.4, -0.2) is 47.2 Å². The summed E-state index contributed by atoms with van der Waals surface area (Å²) in [6, 6.07) is 0. The molecule has 148 valence electrons. The number of rotatable bonds is 16. The van der Waals surface area contributed by atoms with Gasteiger partial charge < -0.3 is 15.1 Å². The first-order valence-electron chi connectivity index (χ1n) is 9.99. The lowest BCUT2D eigenvalue weighted by atomic mass is 9.92. The number of aliphatic hydroxyl groups is 1. The number of carboxylic acids is 1. The molecule has 5 nitrogen and oxygen atoms in total. The van der Waals surface area contributed by atoms with Crippen LogP contribution in [0.15, 0.2) is 0 Å². The van der Waals surface area contributed by atoms with E-state index < -0.39 is 5.97 Å². The predicted octanol–water partition coefficient (Wildman–Crippen LogP) is 4.23. The zero-order chi connectivity index (χ0) is 19.1. The van der Waals surface area contributed by atoms with Gasteiger partial charge in [0.1, 0.15) is 0 Å². The van der Waals surface area contributed by atoms with Gasteiger partial charge in [-0.1, -0.05) is 51.9 Å². The summed E-state index contributed by atoms with van der Waals surface area (Å²) in [6.07, 6.45) is 11.2. The van der Waals surface area contributed by atoms with Crippen molar-refractivity contribution in [1.29, 1.82) is 0 Å². The van der Waals surface area contributed by atoms with E-state index in [1.165, 1.54) is 12.8 Å². The molecule has 5 heteroatoms. The smallest absolute Gasteiger partial charge is 0.303 e. The van der Waals surface area contributed by atoms with Gasteiger partial charge in [0.05, 0.1) is 6.10 Å². The van der Waals surface area contributed by atoms with Gasteiger partial charge in [-0.2, -0.15) is 0 Å². The molecule has 0 rings (SSSR count). The van der Waals surface area contributed by atoms with Gasteiger partial charge in [0, 0.05) is 26.4 Å². The lowest BCUT2D eigenvalue weighted by molar-refractivity contribution is -0.137. The SMILES string of the molecule is CCCCCC(O)CCCC(CCCCCCC(=O)O)C(=O)N(C)C. The quantitative estimate of drug-likeness (QED) is 0.405. The molecule has 0 saturated carbocycles. The molecule has 25 heavy (non-hydrogen) atoms. The molecule has 0 bridgehead atoms. The summed E-state index contributed by atoms with van der Waals surface area (Å²) in [6.45, 7) is 2.16.